The van der Waals surface area contributed by atoms with Crippen LogP contribution in [-0.4, -0.2) is 43.2 Å². The summed E-state index contributed by atoms with van der Waals surface area (Å²) in [5, 5.41) is 16.2. The highest BCUT2D eigenvalue weighted by Gasteiger charge is 2.40. The molecule has 2 aromatic carbocycles. The molecule has 0 bridgehead atoms. The van der Waals surface area contributed by atoms with Crippen molar-refractivity contribution in [1.29, 1.82) is 10.8 Å². The first kappa shape index (κ1) is 23.9. The molecule has 1 saturated heterocycles. The standard InChI is InChI=1S/C25H27F3N4O2/c1-3-15-9-19-20(21(10-15)25(26,27)28)12-32(24(19)33)18-6-4-5-16(11-18)22(17-7-8-34-13-17)23(30)31(2)14-29/h4-6,9-11,14,17,22,29-30H,3,7-8,12-13H2,1-2H3/t17?,22-/m1/s1. The predicted molar refractivity (Wildman–Crippen MR) is 124 cm³/mol. The van der Waals surface area contributed by atoms with E-state index in [1.165, 1.54) is 9.80 Å². The molecule has 0 radical (unpaired) electrons. The van der Waals surface area contributed by atoms with E-state index in [-0.39, 0.29) is 35.3 Å². The quantitative estimate of drug-likeness (QED) is 0.455. The smallest absolute Gasteiger partial charge is 0.381 e. The van der Waals surface area contributed by atoms with Gasteiger partial charge in [0.25, 0.3) is 5.91 Å². The molecule has 0 aromatic heterocycles. The van der Waals surface area contributed by atoms with Crippen molar-refractivity contribution in [3.05, 3.63) is 64.2 Å². The maximum atomic E-state index is 13.8. The number of halogens is 3. The minimum absolute atomic E-state index is 0.00266. The molecule has 180 valence electrons. The number of rotatable bonds is 6. The van der Waals surface area contributed by atoms with Crippen LogP contribution in [-0.2, 0) is 23.9 Å². The molecule has 0 saturated carbocycles. The highest BCUT2D eigenvalue weighted by molar-refractivity contribution is 6.10. The number of carbonyl (C=O) groups is 1. The molecule has 1 amide bonds. The number of nitrogens with zero attached hydrogens (tertiary/aromatic N) is 2. The predicted octanol–water partition coefficient (Wildman–Crippen LogP) is 5.06. The third-order valence-electron chi connectivity index (χ3n) is 6.66. The zero-order valence-corrected chi connectivity index (χ0v) is 19.1. The SMILES string of the molecule is CCc1cc2c(c(C(F)(F)F)c1)CN(c1cccc([C@@H](C(=N)N(C)C=N)C3CCOC3)c1)C2=O. The Labute approximate surface area is 196 Å². The lowest BCUT2D eigenvalue weighted by molar-refractivity contribution is -0.138. The Balaban J connectivity index is 1.73. The number of carbonyl (C=O) groups excluding carboxylic acids is 1. The van der Waals surface area contributed by atoms with Crippen molar-refractivity contribution < 1.29 is 22.7 Å². The van der Waals surface area contributed by atoms with Gasteiger partial charge in [-0.3, -0.25) is 15.6 Å². The van der Waals surface area contributed by atoms with Crippen LogP contribution in [0.2, 0.25) is 0 Å². The molecule has 1 unspecified atom stereocenters. The van der Waals surface area contributed by atoms with Crippen LogP contribution in [0.4, 0.5) is 18.9 Å². The summed E-state index contributed by atoms with van der Waals surface area (Å²) in [5.41, 5.74) is 1.05. The number of hydrogen-bond acceptors (Lipinski definition) is 4. The summed E-state index contributed by atoms with van der Waals surface area (Å²) in [7, 11) is 1.63. The second kappa shape index (κ2) is 9.21. The molecule has 2 N–H and O–H groups in total. The number of hydrogen-bond donors (Lipinski definition) is 2. The van der Waals surface area contributed by atoms with Crippen molar-refractivity contribution in [2.45, 2.75) is 38.4 Å². The number of amides is 1. The second-order valence-electron chi connectivity index (χ2n) is 8.73. The highest BCUT2D eigenvalue weighted by atomic mass is 19.4. The van der Waals surface area contributed by atoms with Gasteiger partial charge in [0.1, 0.15) is 5.84 Å². The Morgan fingerprint density at radius 2 is 2.09 bits per heavy atom. The molecule has 9 heteroatoms. The Bertz CT molecular complexity index is 1130. The minimum atomic E-state index is -4.55. The first-order chi connectivity index (χ1) is 16.2. The number of benzene rings is 2. The van der Waals surface area contributed by atoms with Gasteiger partial charge in [-0.25, -0.2) is 0 Å². The van der Waals surface area contributed by atoms with Gasteiger partial charge in [0.2, 0.25) is 0 Å². The average Bonchev–Trinajstić information content (AvgIpc) is 3.46. The van der Waals surface area contributed by atoms with Gasteiger partial charge < -0.3 is 14.5 Å². The summed E-state index contributed by atoms with van der Waals surface area (Å²) >= 11 is 0. The van der Waals surface area contributed by atoms with Gasteiger partial charge in [-0.05, 0) is 59.7 Å². The summed E-state index contributed by atoms with van der Waals surface area (Å²) in [6, 6.07) is 9.77. The van der Waals surface area contributed by atoms with Crippen molar-refractivity contribution in [2.24, 2.45) is 5.92 Å². The molecule has 2 atom stereocenters. The fraction of sp³-hybridized carbons (Fsp3) is 0.400. The molecular formula is C25H27F3N4O2. The van der Waals surface area contributed by atoms with Gasteiger partial charge in [-0.1, -0.05) is 19.1 Å². The minimum Gasteiger partial charge on any atom is -0.381 e. The largest absolute Gasteiger partial charge is 0.416 e. The molecule has 0 aliphatic carbocycles. The number of aryl methyl sites for hydroxylation is 1. The Kier molecular flexibility index (Phi) is 6.49. The molecule has 2 aliphatic rings. The summed E-state index contributed by atoms with van der Waals surface area (Å²) < 4.78 is 46.8. The lowest BCUT2D eigenvalue weighted by Crippen LogP contribution is -2.34. The van der Waals surface area contributed by atoms with E-state index in [0.717, 1.165) is 24.4 Å². The van der Waals surface area contributed by atoms with E-state index >= 15 is 0 Å². The monoisotopic (exact) mass is 472 g/mol. The topological polar surface area (TPSA) is 80.5 Å². The number of amidine groups is 1. The number of alkyl halides is 3. The first-order valence-electron chi connectivity index (χ1n) is 11.2. The lowest BCUT2D eigenvalue weighted by atomic mass is 9.84. The van der Waals surface area contributed by atoms with Gasteiger partial charge in [0.15, 0.2) is 0 Å². The van der Waals surface area contributed by atoms with E-state index in [1.54, 1.807) is 38.2 Å². The van der Waals surface area contributed by atoms with Gasteiger partial charge in [-0.15, -0.1) is 0 Å². The third kappa shape index (κ3) is 4.32. The Morgan fingerprint density at radius 3 is 2.71 bits per heavy atom. The van der Waals surface area contributed by atoms with Crippen LogP contribution >= 0.6 is 0 Å². The summed E-state index contributed by atoms with van der Waals surface area (Å²) in [6.07, 6.45) is -2.33. The van der Waals surface area contributed by atoms with Crippen molar-refractivity contribution in [3.63, 3.8) is 0 Å². The van der Waals surface area contributed by atoms with E-state index in [4.69, 9.17) is 15.6 Å². The number of likely N-dealkylation sites (N-methyl/N-ethyl adjacent to an activating group) is 1. The maximum Gasteiger partial charge on any atom is 0.416 e. The third-order valence-corrected chi connectivity index (χ3v) is 6.66. The molecule has 0 spiro atoms. The number of ether oxygens (including phenoxy) is 1. The fourth-order valence-corrected chi connectivity index (χ4v) is 4.78. The van der Waals surface area contributed by atoms with Crippen molar-refractivity contribution in [1.82, 2.24) is 4.90 Å². The lowest BCUT2D eigenvalue weighted by Gasteiger charge is -2.28. The molecule has 1 fully saturated rings. The summed E-state index contributed by atoms with van der Waals surface area (Å²) in [5.74, 6) is -0.571. The number of anilines is 1. The van der Waals surface area contributed by atoms with Gasteiger partial charge >= 0.3 is 6.18 Å². The average molecular weight is 473 g/mol. The van der Waals surface area contributed by atoms with Crippen LogP contribution in [0.1, 0.15) is 51.9 Å². The van der Waals surface area contributed by atoms with Crippen LogP contribution in [0, 0.1) is 16.7 Å². The molecule has 34 heavy (non-hydrogen) atoms. The van der Waals surface area contributed by atoms with E-state index in [1.807, 2.05) is 6.07 Å². The first-order valence-corrected chi connectivity index (χ1v) is 11.2. The molecule has 2 aromatic rings. The Morgan fingerprint density at radius 1 is 1.32 bits per heavy atom. The molecule has 4 rings (SSSR count). The number of nitrogens with one attached hydrogen (secondary N) is 2. The molecular weight excluding hydrogens is 445 g/mol. The van der Waals surface area contributed by atoms with E-state index in [9.17, 15) is 18.0 Å². The fourth-order valence-electron chi connectivity index (χ4n) is 4.78. The summed E-state index contributed by atoms with van der Waals surface area (Å²) in [6.45, 7) is 2.66. The summed E-state index contributed by atoms with van der Waals surface area (Å²) in [4.78, 5) is 16.0. The van der Waals surface area contributed by atoms with Crippen LogP contribution in [0.5, 0.6) is 0 Å². The zero-order valence-electron chi connectivity index (χ0n) is 19.1. The maximum absolute atomic E-state index is 13.8. The van der Waals surface area contributed by atoms with E-state index in [0.29, 0.717) is 30.9 Å². The van der Waals surface area contributed by atoms with Crippen molar-refractivity contribution in [3.8, 4) is 0 Å². The second-order valence-corrected chi connectivity index (χ2v) is 8.73. The van der Waals surface area contributed by atoms with E-state index < -0.39 is 17.6 Å². The normalized spacial score (nSPS) is 18.7. The number of fused-ring (bicyclic) bond motifs is 1. The van der Waals surface area contributed by atoms with E-state index in [2.05, 4.69) is 0 Å². The Hall–Kier alpha value is -3.20. The van der Waals surface area contributed by atoms with Crippen LogP contribution in [0.15, 0.2) is 36.4 Å². The van der Waals surface area contributed by atoms with Crippen molar-refractivity contribution >= 4 is 23.8 Å². The molecule has 2 aliphatic heterocycles. The van der Waals surface area contributed by atoms with Crippen molar-refractivity contribution in [2.75, 3.05) is 25.2 Å². The van der Waals surface area contributed by atoms with Crippen LogP contribution in [0.3, 0.4) is 0 Å². The van der Waals surface area contributed by atoms with Crippen LogP contribution in [0.25, 0.3) is 0 Å². The zero-order chi connectivity index (χ0) is 24.6. The van der Waals surface area contributed by atoms with Gasteiger partial charge in [-0.2, -0.15) is 13.2 Å². The van der Waals surface area contributed by atoms with Gasteiger partial charge in [0, 0.05) is 30.8 Å². The highest BCUT2D eigenvalue weighted by Crippen LogP contribution is 2.40. The van der Waals surface area contributed by atoms with Crippen LogP contribution < -0.4 is 4.90 Å². The van der Waals surface area contributed by atoms with Gasteiger partial charge in [0.05, 0.1) is 25.1 Å². The molecule has 6 nitrogen and oxygen atoms in total. The molecule has 2 heterocycles.